The molecule has 1 aromatic heterocycles. The Bertz CT molecular complexity index is 546. The van der Waals surface area contributed by atoms with Crippen LogP contribution in [0.25, 0.3) is 0 Å². The van der Waals surface area contributed by atoms with E-state index in [-0.39, 0.29) is 18.6 Å². The lowest BCUT2D eigenvalue weighted by Gasteiger charge is -2.32. The van der Waals surface area contributed by atoms with Crippen molar-refractivity contribution in [1.29, 1.82) is 0 Å². The van der Waals surface area contributed by atoms with Crippen LogP contribution in [0.2, 0.25) is 0 Å². The predicted molar refractivity (Wildman–Crippen MR) is 80.7 cm³/mol. The van der Waals surface area contributed by atoms with Crippen LogP contribution in [0.4, 0.5) is 0 Å². The number of carbonyl (C=O) groups excluding carboxylic acids is 1. The van der Waals surface area contributed by atoms with E-state index in [0.717, 1.165) is 19.4 Å². The smallest absolute Gasteiger partial charge is 0.255 e. The Morgan fingerprint density at radius 3 is 3.24 bits per heavy atom. The highest BCUT2D eigenvalue weighted by Gasteiger charge is 2.25. The van der Waals surface area contributed by atoms with Gasteiger partial charge in [0.05, 0.1) is 23.8 Å². The second-order valence-corrected chi connectivity index (χ2v) is 4.90. The molecule has 2 heterocycles. The third-order valence-electron chi connectivity index (χ3n) is 3.44. The van der Waals surface area contributed by atoms with Crippen molar-refractivity contribution in [3.8, 4) is 11.8 Å². The first kappa shape index (κ1) is 15.5. The van der Waals surface area contributed by atoms with E-state index in [1.165, 1.54) is 0 Å². The highest BCUT2D eigenvalue weighted by Crippen LogP contribution is 2.17. The zero-order valence-electron chi connectivity index (χ0n) is 12.3. The molecule has 1 atom stereocenters. The molecule has 0 bridgehead atoms. The first-order valence-corrected chi connectivity index (χ1v) is 7.30. The average molecular weight is 287 g/mol. The van der Waals surface area contributed by atoms with Gasteiger partial charge in [-0.25, -0.2) is 0 Å². The maximum atomic E-state index is 12.7. The van der Waals surface area contributed by atoms with Gasteiger partial charge in [0.2, 0.25) is 0 Å². The van der Waals surface area contributed by atoms with E-state index in [1.54, 1.807) is 18.5 Å². The molecule has 1 amide bonds. The fourth-order valence-corrected chi connectivity index (χ4v) is 2.49. The summed E-state index contributed by atoms with van der Waals surface area (Å²) < 4.78 is 5.64. The molecule has 21 heavy (non-hydrogen) atoms. The molecule has 2 N–H and O–H groups in total. The fraction of sp³-hybridized carbons (Fsp3) is 0.500. The van der Waals surface area contributed by atoms with E-state index in [1.807, 2.05) is 11.8 Å². The van der Waals surface area contributed by atoms with E-state index < -0.39 is 0 Å². The molecule has 0 aromatic carbocycles. The first-order valence-electron chi connectivity index (χ1n) is 7.30. The van der Waals surface area contributed by atoms with Crippen molar-refractivity contribution in [2.24, 2.45) is 5.73 Å². The van der Waals surface area contributed by atoms with Gasteiger partial charge in [-0.05, 0) is 25.8 Å². The zero-order valence-corrected chi connectivity index (χ0v) is 12.3. The molecule has 1 aromatic rings. The van der Waals surface area contributed by atoms with Crippen LogP contribution in [0.15, 0.2) is 18.5 Å². The summed E-state index contributed by atoms with van der Waals surface area (Å²) in [5.41, 5.74) is 6.61. The van der Waals surface area contributed by atoms with Crippen LogP contribution in [-0.4, -0.2) is 48.1 Å². The van der Waals surface area contributed by atoms with E-state index in [0.29, 0.717) is 24.3 Å². The van der Waals surface area contributed by atoms with Crippen LogP contribution < -0.4 is 5.73 Å². The minimum atomic E-state index is -0.0110. The normalized spacial score (nSPS) is 18.0. The number of carbonyl (C=O) groups is 1. The van der Waals surface area contributed by atoms with E-state index in [2.05, 4.69) is 16.8 Å². The number of nitrogens with zero attached hydrogens (tertiary/aromatic N) is 2. The predicted octanol–water partition coefficient (Wildman–Crippen LogP) is 1.03. The second kappa shape index (κ2) is 7.77. The largest absolute Gasteiger partial charge is 0.377 e. The molecule has 0 spiro atoms. The molecular weight excluding hydrogens is 266 g/mol. The van der Waals surface area contributed by atoms with Gasteiger partial charge in [0.15, 0.2) is 0 Å². The summed E-state index contributed by atoms with van der Waals surface area (Å²) in [7, 11) is 0. The molecular formula is C16H21N3O2. The lowest BCUT2D eigenvalue weighted by Crippen LogP contribution is -2.43. The summed E-state index contributed by atoms with van der Waals surface area (Å²) in [5, 5.41) is 0. The molecule has 5 heteroatoms. The molecule has 0 aliphatic carbocycles. The minimum Gasteiger partial charge on any atom is -0.377 e. The van der Waals surface area contributed by atoms with Crippen LogP contribution in [0.5, 0.6) is 0 Å². The van der Waals surface area contributed by atoms with Crippen molar-refractivity contribution in [3.05, 3.63) is 29.6 Å². The van der Waals surface area contributed by atoms with Gasteiger partial charge in [0, 0.05) is 32.1 Å². The topological polar surface area (TPSA) is 68.5 Å². The van der Waals surface area contributed by atoms with E-state index >= 15 is 0 Å². The summed E-state index contributed by atoms with van der Waals surface area (Å²) in [6, 6.07) is 1.72. The van der Waals surface area contributed by atoms with Crippen LogP contribution in [-0.2, 0) is 4.74 Å². The summed E-state index contributed by atoms with van der Waals surface area (Å²) in [4.78, 5) is 18.5. The molecule has 5 nitrogen and oxygen atoms in total. The number of hydrogen-bond donors (Lipinski definition) is 1. The maximum absolute atomic E-state index is 12.7. The number of ether oxygens (including phenoxy) is 1. The minimum absolute atomic E-state index is 0.0110. The molecule has 1 fully saturated rings. The van der Waals surface area contributed by atoms with Gasteiger partial charge >= 0.3 is 0 Å². The van der Waals surface area contributed by atoms with Gasteiger partial charge in [-0.2, -0.15) is 0 Å². The monoisotopic (exact) mass is 287 g/mol. The van der Waals surface area contributed by atoms with Crippen molar-refractivity contribution in [2.75, 3.05) is 26.2 Å². The van der Waals surface area contributed by atoms with Gasteiger partial charge in [0.1, 0.15) is 0 Å². The SMILES string of the molecule is CCOC1CCCN(C(=O)c2ccncc2C#CCN)C1. The summed E-state index contributed by atoms with van der Waals surface area (Å²) >= 11 is 0. The molecule has 2 rings (SSSR count). The lowest BCUT2D eigenvalue weighted by molar-refractivity contribution is 0.00723. The summed E-state index contributed by atoms with van der Waals surface area (Å²) in [6.45, 7) is 4.31. The van der Waals surface area contributed by atoms with Crippen molar-refractivity contribution in [2.45, 2.75) is 25.9 Å². The highest BCUT2D eigenvalue weighted by atomic mass is 16.5. The average Bonchev–Trinajstić information content (AvgIpc) is 2.53. The Kier molecular flexibility index (Phi) is 5.73. The maximum Gasteiger partial charge on any atom is 0.255 e. The van der Waals surface area contributed by atoms with Crippen LogP contribution >= 0.6 is 0 Å². The number of pyridine rings is 1. The quantitative estimate of drug-likeness (QED) is 0.843. The standard InChI is InChI=1S/C16H21N3O2/c1-2-21-14-6-4-10-19(12-14)16(20)15-7-9-18-11-13(15)5-3-8-17/h7,9,11,14H,2,4,6,8,10,12,17H2,1H3. The fourth-order valence-electron chi connectivity index (χ4n) is 2.49. The highest BCUT2D eigenvalue weighted by molar-refractivity contribution is 5.96. The first-order chi connectivity index (χ1) is 10.3. The molecule has 1 saturated heterocycles. The number of piperidine rings is 1. The molecule has 1 unspecified atom stereocenters. The van der Waals surface area contributed by atoms with E-state index in [9.17, 15) is 4.79 Å². The number of aromatic nitrogens is 1. The Balaban J connectivity index is 2.16. The Morgan fingerprint density at radius 2 is 2.48 bits per heavy atom. The Morgan fingerprint density at radius 1 is 1.62 bits per heavy atom. The van der Waals surface area contributed by atoms with Gasteiger partial charge in [-0.15, -0.1) is 0 Å². The Labute approximate surface area is 125 Å². The molecule has 0 saturated carbocycles. The molecule has 112 valence electrons. The number of rotatable bonds is 3. The molecule has 0 radical (unpaired) electrons. The van der Waals surface area contributed by atoms with Gasteiger partial charge < -0.3 is 15.4 Å². The van der Waals surface area contributed by atoms with E-state index in [4.69, 9.17) is 10.5 Å². The van der Waals surface area contributed by atoms with Gasteiger partial charge in [0.25, 0.3) is 5.91 Å². The summed E-state index contributed by atoms with van der Waals surface area (Å²) in [5.74, 6) is 5.68. The number of likely N-dealkylation sites (tertiary alicyclic amines) is 1. The molecule has 1 aliphatic heterocycles. The third kappa shape index (κ3) is 4.03. The van der Waals surface area contributed by atoms with Crippen LogP contribution in [0, 0.1) is 11.8 Å². The zero-order chi connectivity index (χ0) is 15.1. The molecule has 1 aliphatic rings. The van der Waals surface area contributed by atoms with Crippen molar-refractivity contribution in [1.82, 2.24) is 9.88 Å². The van der Waals surface area contributed by atoms with Gasteiger partial charge in [-0.3, -0.25) is 9.78 Å². The summed E-state index contributed by atoms with van der Waals surface area (Å²) in [6.07, 6.45) is 5.33. The Hall–Kier alpha value is -1.90. The van der Waals surface area contributed by atoms with Crippen LogP contribution in [0.1, 0.15) is 35.7 Å². The van der Waals surface area contributed by atoms with Crippen molar-refractivity contribution >= 4 is 5.91 Å². The number of amides is 1. The third-order valence-corrected chi connectivity index (χ3v) is 3.44. The number of nitrogens with two attached hydrogens (primary N) is 1. The second-order valence-electron chi connectivity index (χ2n) is 4.90. The number of hydrogen-bond acceptors (Lipinski definition) is 4. The van der Waals surface area contributed by atoms with Gasteiger partial charge in [-0.1, -0.05) is 11.8 Å². The van der Waals surface area contributed by atoms with Crippen molar-refractivity contribution < 1.29 is 9.53 Å². The van der Waals surface area contributed by atoms with Crippen molar-refractivity contribution in [3.63, 3.8) is 0 Å². The van der Waals surface area contributed by atoms with Crippen LogP contribution in [0.3, 0.4) is 0 Å². The lowest BCUT2D eigenvalue weighted by atomic mass is 10.0.